The summed E-state index contributed by atoms with van der Waals surface area (Å²) >= 11 is 6.05. The number of nitrogens with zero attached hydrogens (tertiary/aromatic N) is 2. The molecule has 0 amide bonds. The van der Waals surface area contributed by atoms with Crippen LogP contribution in [0.25, 0.3) is 0 Å². The minimum atomic E-state index is 0.384. The number of aliphatic imine (C=N–C) groups is 1. The van der Waals surface area contributed by atoms with Crippen molar-refractivity contribution in [2.45, 2.75) is 27.3 Å². The molecule has 7 heteroatoms. The molecule has 0 atom stereocenters. The highest BCUT2D eigenvalue weighted by atomic mass is 35.5. The van der Waals surface area contributed by atoms with Gasteiger partial charge in [-0.15, -0.1) is 0 Å². The van der Waals surface area contributed by atoms with Crippen molar-refractivity contribution >= 4 is 17.6 Å². The summed E-state index contributed by atoms with van der Waals surface area (Å²) in [7, 11) is 0. The van der Waals surface area contributed by atoms with E-state index in [1.165, 1.54) is 0 Å². The van der Waals surface area contributed by atoms with E-state index in [0.29, 0.717) is 42.3 Å². The quantitative estimate of drug-likeness (QED) is 0.456. The van der Waals surface area contributed by atoms with E-state index in [1.807, 2.05) is 39.0 Å². The number of ether oxygens (including phenoxy) is 1. The van der Waals surface area contributed by atoms with E-state index in [1.54, 1.807) is 6.07 Å². The number of hydrogen-bond donors (Lipinski definition) is 2. The smallest absolute Gasteiger partial charge is 0.216 e. The van der Waals surface area contributed by atoms with Gasteiger partial charge in [-0.2, -0.15) is 0 Å². The maximum atomic E-state index is 6.05. The van der Waals surface area contributed by atoms with Crippen LogP contribution in [-0.4, -0.2) is 30.6 Å². The van der Waals surface area contributed by atoms with Crippen molar-refractivity contribution in [3.05, 3.63) is 46.6 Å². The topological polar surface area (TPSA) is 71.7 Å². The molecule has 0 spiro atoms. The number of oxazole rings is 1. The van der Waals surface area contributed by atoms with E-state index >= 15 is 0 Å². The van der Waals surface area contributed by atoms with Gasteiger partial charge < -0.3 is 19.8 Å². The van der Waals surface area contributed by atoms with Crippen LogP contribution in [0.1, 0.15) is 24.3 Å². The first-order valence-corrected chi connectivity index (χ1v) is 8.30. The van der Waals surface area contributed by atoms with Crippen molar-refractivity contribution in [2.24, 2.45) is 4.99 Å². The number of para-hydroxylation sites is 1. The average molecular weight is 351 g/mol. The van der Waals surface area contributed by atoms with Gasteiger partial charge in [0, 0.05) is 6.54 Å². The number of guanidine groups is 1. The van der Waals surface area contributed by atoms with Crippen LogP contribution in [-0.2, 0) is 6.54 Å². The van der Waals surface area contributed by atoms with Gasteiger partial charge in [-0.3, -0.25) is 0 Å². The standard InChI is InChI=1S/C17H23ClN4O2/c1-4-19-17(21-11-16-22-12(2)13(3)24-16)20-9-10-23-15-8-6-5-7-14(15)18/h5-8H,4,9-11H2,1-3H3,(H2,19,20,21). The lowest BCUT2D eigenvalue weighted by molar-refractivity contribution is 0.322. The third kappa shape index (κ3) is 5.45. The van der Waals surface area contributed by atoms with E-state index in [-0.39, 0.29) is 0 Å². The molecule has 0 unspecified atom stereocenters. The molecule has 2 rings (SSSR count). The van der Waals surface area contributed by atoms with Crippen molar-refractivity contribution in [1.82, 2.24) is 15.6 Å². The Morgan fingerprint density at radius 3 is 2.75 bits per heavy atom. The Morgan fingerprint density at radius 2 is 2.08 bits per heavy atom. The zero-order chi connectivity index (χ0) is 17.4. The van der Waals surface area contributed by atoms with Crippen LogP contribution in [0.2, 0.25) is 5.02 Å². The summed E-state index contributed by atoms with van der Waals surface area (Å²) in [6, 6.07) is 7.40. The van der Waals surface area contributed by atoms with Crippen molar-refractivity contribution < 1.29 is 9.15 Å². The molecule has 0 fully saturated rings. The molecule has 0 saturated carbocycles. The molecule has 1 aromatic carbocycles. The number of benzene rings is 1. The molecule has 0 saturated heterocycles. The predicted octanol–water partition coefficient (Wildman–Crippen LogP) is 3.08. The largest absolute Gasteiger partial charge is 0.490 e. The average Bonchev–Trinajstić information content (AvgIpc) is 2.89. The summed E-state index contributed by atoms with van der Waals surface area (Å²) in [6.45, 7) is 8.05. The molecule has 0 radical (unpaired) electrons. The lowest BCUT2D eigenvalue weighted by Crippen LogP contribution is -2.39. The second-order valence-corrected chi connectivity index (χ2v) is 5.56. The third-order valence-electron chi connectivity index (χ3n) is 3.28. The monoisotopic (exact) mass is 350 g/mol. The van der Waals surface area contributed by atoms with Gasteiger partial charge in [-0.1, -0.05) is 23.7 Å². The van der Waals surface area contributed by atoms with Crippen LogP contribution in [0.5, 0.6) is 5.75 Å². The van der Waals surface area contributed by atoms with E-state index in [4.69, 9.17) is 20.8 Å². The van der Waals surface area contributed by atoms with Gasteiger partial charge >= 0.3 is 0 Å². The van der Waals surface area contributed by atoms with E-state index in [2.05, 4.69) is 20.6 Å². The van der Waals surface area contributed by atoms with Crippen molar-refractivity contribution in [2.75, 3.05) is 19.7 Å². The van der Waals surface area contributed by atoms with Crippen LogP contribution < -0.4 is 15.4 Å². The molecule has 1 heterocycles. The molecule has 0 aliphatic heterocycles. The highest BCUT2D eigenvalue weighted by Gasteiger charge is 2.05. The van der Waals surface area contributed by atoms with Gasteiger partial charge in [0.05, 0.1) is 17.3 Å². The second-order valence-electron chi connectivity index (χ2n) is 5.15. The van der Waals surface area contributed by atoms with Crippen LogP contribution in [0, 0.1) is 13.8 Å². The molecule has 0 bridgehead atoms. The first kappa shape index (κ1) is 18.1. The maximum absolute atomic E-state index is 6.05. The Bertz CT molecular complexity index is 665. The van der Waals surface area contributed by atoms with E-state index in [0.717, 1.165) is 18.0 Å². The summed E-state index contributed by atoms with van der Waals surface area (Å²) in [5.41, 5.74) is 0.895. The fourth-order valence-corrected chi connectivity index (χ4v) is 2.18. The van der Waals surface area contributed by atoms with Gasteiger partial charge in [0.25, 0.3) is 0 Å². The SMILES string of the molecule is CCNC(=NCc1nc(C)c(C)o1)NCCOc1ccccc1Cl. The Morgan fingerprint density at radius 1 is 1.29 bits per heavy atom. The number of aryl methyl sites for hydroxylation is 2. The van der Waals surface area contributed by atoms with Crippen LogP contribution in [0.4, 0.5) is 0 Å². The first-order chi connectivity index (χ1) is 11.6. The fourth-order valence-electron chi connectivity index (χ4n) is 1.99. The predicted molar refractivity (Wildman–Crippen MR) is 95.7 cm³/mol. The van der Waals surface area contributed by atoms with Crippen molar-refractivity contribution in [3.8, 4) is 5.75 Å². The van der Waals surface area contributed by atoms with E-state index in [9.17, 15) is 0 Å². The molecular formula is C17H23ClN4O2. The van der Waals surface area contributed by atoms with E-state index < -0.39 is 0 Å². The maximum Gasteiger partial charge on any atom is 0.216 e. The van der Waals surface area contributed by atoms with Crippen LogP contribution in [0.3, 0.4) is 0 Å². The lowest BCUT2D eigenvalue weighted by atomic mass is 10.3. The van der Waals surface area contributed by atoms with Crippen LogP contribution >= 0.6 is 11.6 Å². The Labute approximate surface area is 147 Å². The Kier molecular flexibility index (Phi) is 6.93. The number of aromatic nitrogens is 1. The summed E-state index contributed by atoms with van der Waals surface area (Å²) in [4.78, 5) is 8.78. The third-order valence-corrected chi connectivity index (χ3v) is 3.59. The zero-order valence-corrected chi connectivity index (χ0v) is 15.0. The summed E-state index contributed by atoms with van der Waals surface area (Å²) in [6.07, 6.45) is 0. The zero-order valence-electron chi connectivity index (χ0n) is 14.2. The first-order valence-electron chi connectivity index (χ1n) is 7.92. The minimum Gasteiger partial charge on any atom is -0.490 e. The molecule has 130 valence electrons. The molecule has 24 heavy (non-hydrogen) atoms. The molecule has 2 aromatic rings. The molecule has 0 aliphatic rings. The van der Waals surface area contributed by atoms with Gasteiger partial charge in [0.2, 0.25) is 5.89 Å². The molecule has 2 N–H and O–H groups in total. The number of hydrogen-bond acceptors (Lipinski definition) is 4. The Hall–Kier alpha value is -2.21. The lowest BCUT2D eigenvalue weighted by Gasteiger charge is -2.12. The van der Waals surface area contributed by atoms with Crippen LogP contribution in [0.15, 0.2) is 33.7 Å². The molecular weight excluding hydrogens is 328 g/mol. The molecule has 1 aromatic heterocycles. The number of halogens is 1. The fraction of sp³-hybridized carbons (Fsp3) is 0.412. The highest BCUT2D eigenvalue weighted by molar-refractivity contribution is 6.32. The highest BCUT2D eigenvalue weighted by Crippen LogP contribution is 2.22. The normalized spacial score (nSPS) is 11.4. The second kappa shape index (κ2) is 9.17. The van der Waals surface area contributed by atoms with Gasteiger partial charge in [-0.25, -0.2) is 9.98 Å². The molecule has 6 nitrogen and oxygen atoms in total. The summed E-state index contributed by atoms with van der Waals surface area (Å²) in [5, 5.41) is 6.98. The molecule has 0 aliphatic carbocycles. The minimum absolute atomic E-state index is 0.384. The Balaban J connectivity index is 1.82. The van der Waals surface area contributed by atoms with Gasteiger partial charge in [-0.05, 0) is 32.9 Å². The summed E-state index contributed by atoms with van der Waals surface area (Å²) in [5.74, 6) is 2.79. The number of nitrogens with one attached hydrogen (secondary N) is 2. The van der Waals surface area contributed by atoms with Crippen molar-refractivity contribution in [3.63, 3.8) is 0 Å². The van der Waals surface area contributed by atoms with Crippen molar-refractivity contribution in [1.29, 1.82) is 0 Å². The van der Waals surface area contributed by atoms with Gasteiger partial charge in [0.1, 0.15) is 24.7 Å². The number of rotatable bonds is 7. The summed E-state index contributed by atoms with van der Waals surface area (Å²) < 4.78 is 11.2. The van der Waals surface area contributed by atoms with Gasteiger partial charge in [0.15, 0.2) is 5.96 Å².